The number of aliphatic hydroxyl groups is 1. The molecule has 3 aromatic rings. The van der Waals surface area contributed by atoms with Crippen LogP contribution >= 0.6 is 48.3 Å². The Bertz CT molecular complexity index is 1170. The number of rotatable bonds is 6. The zero-order valence-corrected chi connectivity index (χ0v) is 19.6. The molecule has 0 unspecified atom stereocenters. The second-order valence-electron chi connectivity index (χ2n) is 6.48. The largest absolute Gasteiger partial charge is 0.495 e. The first-order valence-electron chi connectivity index (χ1n) is 8.65. The van der Waals surface area contributed by atoms with Crippen molar-refractivity contribution in [2.45, 2.75) is 6.04 Å². The number of methoxy groups -OCH3 is 1. The van der Waals surface area contributed by atoms with Crippen LogP contribution in [0.5, 0.6) is 5.75 Å². The lowest BCUT2D eigenvalue weighted by molar-refractivity contribution is 0.0696. The van der Waals surface area contributed by atoms with E-state index in [1.807, 2.05) is 0 Å². The first-order chi connectivity index (χ1) is 14.2. The molecule has 0 saturated heterocycles. The van der Waals surface area contributed by atoms with Crippen molar-refractivity contribution >= 4 is 71.1 Å². The number of carboxylic acids is 1. The number of amides is 1. The van der Waals surface area contributed by atoms with E-state index >= 15 is 0 Å². The zero-order valence-electron chi connectivity index (χ0n) is 16.4. The highest BCUT2D eigenvalue weighted by Gasteiger charge is 2.23. The highest BCUT2D eigenvalue weighted by molar-refractivity contribution is 7.59. The third-order valence-corrected chi connectivity index (χ3v) is 5.95. The first-order valence-corrected chi connectivity index (χ1v) is 9.78. The molecule has 1 amide bonds. The van der Waals surface area contributed by atoms with E-state index < -0.39 is 24.5 Å². The van der Waals surface area contributed by atoms with Crippen LogP contribution < -0.4 is 10.1 Å². The molecule has 3 rings (SSSR count). The minimum absolute atomic E-state index is 0. The highest BCUT2D eigenvalue weighted by Crippen LogP contribution is 2.39. The van der Waals surface area contributed by atoms with E-state index in [1.54, 1.807) is 23.7 Å². The third-order valence-electron chi connectivity index (χ3n) is 4.76. The summed E-state index contributed by atoms with van der Waals surface area (Å²) in [5, 5.41) is 22.7. The van der Waals surface area contributed by atoms with Crippen molar-refractivity contribution < 1.29 is 24.5 Å². The molecule has 166 valence electrons. The summed E-state index contributed by atoms with van der Waals surface area (Å²) in [5.41, 5.74) is 1.30. The molecule has 0 radical (unpaired) electrons. The number of carbonyl (C=O) groups is 2. The number of ether oxygens (including phenoxy) is 1. The minimum atomic E-state index is -1.13. The predicted octanol–water partition coefficient (Wildman–Crippen LogP) is 4.42. The van der Waals surface area contributed by atoms with Crippen LogP contribution in [0, 0.1) is 0 Å². The van der Waals surface area contributed by atoms with Crippen molar-refractivity contribution in [1.82, 2.24) is 9.88 Å². The van der Waals surface area contributed by atoms with Crippen LogP contribution in [0.25, 0.3) is 10.9 Å². The van der Waals surface area contributed by atoms with Crippen molar-refractivity contribution in [2.75, 3.05) is 13.7 Å². The molecule has 1 heterocycles. The summed E-state index contributed by atoms with van der Waals surface area (Å²) >= 11 is 18.7. The summed E-state index contributed by atoms with van der Waals surface area (Å²) in [5.74, 6) is -1.24. The predicted molar refractivity (Wildman–Crippen MR) is 126 cm³/mol. The van der Waals surface area contributed by atoms with E-state index in [4.69, 9.17) is 44.6 Å². The quantitative estimate of drug-likeness (QED) is 0.460. The standard InChI is InChI=1S/C20H17Cl3N2O5.H2S/c1-25-14-7-16(30-2)18(23)17(22)11(14)6-15(25)19(27)24-13(8-26)10-4-3-9(20(28)29)5-12(10)21;/h3-7,13,26H,8H2,1-2H3,(H,24,27)(H,28,29);1H2/t13-;/m1./s1. The van der Waals surface area contributed by atoms with Gasteiger partial charge >= 0.3 is 5.97 Å². The Hall–Kier alpha value is -2.10. The summed E-state index contributed by atoms with van der Waals surface area (Å²) < 4.78 is 6.84. The van der Waals surface area contributed by atoms with Crippen LogP contribution in [0.1, 0.15) is 32.5 Å². The number of aliphatic hydroxyl groups excluding tert-OH is 1. The van der Waals surface area contributed by atoms with Gasteiger partial charge in [0, 0.05) is 23.5 Å². The van der Waals surface area contributed by atoms with E-state index in [2.05, 4.69) is 5.32 Å². The molecule has 0 spiro atoms. The average Bonchev–Trinajstić information content (AvgIpc) is 3.05. The number of halogens is 3. The SMILES string of the molecule is COc1cc2c(cc(C(=O)N[C@H](CO)c3ccc(C(=O)O)cc3Cl)n2C)c(Cl)c1Cl.S. The van der Waals surface area contributed by atoms with Gasteiger partial charge in [0.2, 0.25) is 0 Å². The number of nitrogens with one attached hydrogen (secondary N) is 1. The van der Waals surface area contributed by atoms with E-state index in [9.17, 15) is 14.7 Å². The molecule has 0 saturated carbocycles. The lowest BCUT2D eigenvalue weighted by Gasteiger charge is -2.18. The summed E-state index contributed by atoms with van der Waals surface area (Å²) in [4.78, 5) is 24.0. The van der Waals surface area contributed by atoms with E-state index in [0.29, 0.717) is 22.2 Å². The maximum atomic E-state index is 12.9. The third kappa shape index (κ3) is 4.73. The van der Waals surface area contributed by atoms with Gasteiger partial charge in [0.15, 0.2) is 0 Å². The van der Waals surface area contributed by atoms with E-state index in [-0.39, 0.29) is 39.8 Å². The van der Waals surface area contributed by atoms with Crippen molar-refractivity contribution in [3.63, 3.8) is 0 Å². The Labute approximate surface area is 199 Å². The van der Waals surface area contributed by atoms with Gasteiger partial charge in [0.25, 0.3) is 5.91 Å². The van der Waals surface area contributed by atoms with Crippen molar-refractivity contribution in [2.24, 2.45) is 7.05 Å². The molecule has 0 aliphatic rings. The molecule has 0 aliphatic carbocycles. The maximum absolute atomic E-state index is 12.9. The van der Waals surface area contributed by atoms with Gasteiger partial charge in [-0.3, -0.25) is 4.79 Å². The molecule has 1 aromatic heterocycles. The van der Waals surface area contributed by atoms with Crippen molar-refractivity contribution in [3.8, 4) is 5.75 Å². The summed E-state index contributed by atoms with van der Waals surface area (Å²) in [7, 11) is 3.15. The van der Waals surface area contributed by atoms with Crippen LogP contribution in [0.15, 0.2) is 30.3 Å². The maximum Gasteiger partial charge on any atom is 0.335 e. The van der Waals surface area contributed by atoms with Gasteiger partial charge in [-0.25, -0.2) is 4.79 Å². The van der Waals surface area contributed by atoms with Crippen molar-refractivity contribution in [1.29, 1.82) is 0 Å². The van der Waals surface area contributed by atoms with Crippen LogP contribution in [-0.2, 0) is 7.05 Å². The summed E-state index contributed by atoms with van der Waals surface area (Å²) in [6, 6.07) is 6.48. The lowest BCUT2D eigenvalue weighted by Crippen LogP contribution is -2.32. The molecule has 11 heteroatoms. The lowest BCUT2D eigenvalue weighted by atomic mass is 10.0. The number of aromatic nitrogens is 1. The van der Waals surface area contributed by atoms with Gasteiger partial charge in [-0.05, 0) is 23.8 Å². The van der Waals surface area contributed by atoms with Crippen molar-refractivity contribution in [3.05, 3.63) is 62.2 Å². The molecule has 31 heavy (non-hydrogen) atoms. The molecule has 0 bridgehead atoms. The number of benzene rings is 2. The van der Waals surface area contributed by atoms with Gasteiger partial charge < -0.3 is 24.8 Å². The Balaban J connectivity index is 0.00000341. The van der Waals surface area contributed by atoms with Gasteiger partial charge in [0.1, 0.15) is 16.5 Å². The highest BCUT2D eigenvalue weighted by atomic mass is 35.5. The first kappa shape index (κ1) is 25.2. The molecular weight excluding hydrogens is 487 g/mol. The zero-order chi connectivity index (χ0) is 22.2. The number of carbonyl (C=O) groups excluding carboxylic acids is 1. The Morgan fingerprint density at radius 1 is 1.16 bits per heavy atom. The monoisotopic (exact) mass is 504 g/mol. The van der Waals surface area contributed by atoms with Crippen LogP contribution in [0.2, 0.25) is 15.1 Å². The molecule has 3 N–H and O–H groups in total. The second kappa shape index (κ2) is 10.0. The van der Waals surface area contributed by atoms with Gasteiger partial charge in [-0.1, -0.05) is 40.9 Å². The fourth-order valence-electron chi connectivity index (χ4n) is 3.15. The number of aromatic carboxylic acids is 1. The fourth-order valence-corrected chi connectivity index (χ4v) is 3.94. The summed E-state index contributed by atoms with van der Waals surface area (Å²) in [6.07, 6.45) is 0. The Kier molecular flexibility index (Phi) is 8.13. The normalized spacial score (nSPS) is 11.7. The van der Waals surface area contributed by atoms with Gasteiger partial charge in [0.05, 0.1) is 35.9 Å². The minimum Gasteiger partial charge on any atom is -0.495 e. The Morgan fingerprint density at radius 2 is 1.84 bits per heavy atom. The molecule has 0 aliphatic heterocycles. The van der Waals surface area contributed by atoms with E-state index in [1.165, 1.54) is 25.3 Å². The average molecular weight is 506 g/mol. The number of aryl methyl sites for hydroxylation is 1. The van der Waals surface area contributed by atoms with Gasteiger partial charge in [-0.15, -0.1) is 0 Å². The number of carboxylic acid groups (broad SMARTS) is 1. The number of fused-ring (bicyclic) bond motifs is 1. The smallest absolute Gasteiger partial charge is 0.335 e. The Morgan fingerprint density at radius 3 is 2.39 bits per heavy atom. The second-order valence-corrected chi connectivity index (χ2v) is 7.64. The number of hydrogen-bond donors (Lipinski definition) is 3. The van der Waals surface area contributed by atoms with E-state index in [0.717, 1.165) is 0 Å². The van der Waals surface area contributed by atoms with Crippen LogP contribution in [0.4, 0.5) is 0 Å². The van der Waals surface area contributed by atoms with Gasteiger partial charge in [-0.2, -0.15) is 13.5 Å². The molecule has 7 nitrogen and oxygen atoms in total. The van der Waals surface area contributed by atoms with Crippen LogP contribution in [-0.4, -0.2) is 40.4 Å². The fraction of sp³-hybridized carbons (Fsp3) is 0.200. The molecule has 2 aromatic carbocycles. The summed E-state index contributed by atoms with van der Waals surface area (Å²) in [6.45, 7) is -0.442. The molecular formula is C20H19Cl3N2O5S. The molecule has 0 fully saturated rings. The van der Waals surface area contributed by atoms with Crippen LogP contribution in [0.3, 0.4) is 0 Å². The number of nitrogens with zero attached hydrogens (tertiary/aromatic N) is 1. The topological polar surface area (TPSA) is 101 Å². The number of hydrogen-bond acceptors (Lipinski definition) is 4. The molecule has 1 atom stereocenters.